The predicted octanol–water partition coefficient (Wildman–Crippen LogP) is 2.21. The molecule has 0 aromatic heterocycles. The lowest BCUT2D eigenvalue weighted by atomic mass is 10.0. The summed E-state index contributed by atoms with van der Waals surface area (Å²) in [5, 5.41) is 3.21. The number of nitrogens with one attached hydrogen (secondary N) is 1. The zero-order valence-corrected chi connectivity index (χ0v) is 7.97. The van der Waals surface area contributed by atoms with Crippen molar-refractivity contribution in [3.63, 3.8) is 0 Å². The standard InChI is InChI=1S/C11H14FN/c1-7-8(4-3-5-10(7)12)9-6-11(9)13-2/h3-5,9,11,13H,6H2,1-2H3/t9-,11+/m1/s1. The van der Waals surface area contributed by atoms with Crippen LogP contribution in [0.4, 0.5) is 4.39 Å². The number of halogens is 1. The molecule has 0 amide bonds. The predicted molar refractivity (Wildman–Crippen MR) is 51.3 cm³/mol. The third-order valence-electron chi connectivity index (χ3n) is 2.87. The van der Waals surface area contributed by atoms with Gasteiger partial charge in [0.1, 0.15) is 5.82 Å². The Balaban J connectivity index is 2.27. The van der Waals surface area contributed by atoms with Crippen LogP contribution in [0.2, 0.25) is 0 Å². The van der Waals surface area contributed by atoms with Crippen molar-refractivity contribution < 1.29 is 4.39 Å². The number of hydrogen-bond donors (Lipinski definition) is 1. The van der Waals surface area contributed by atoms with Gasteiger partial charge < -0.3 is 5.32 Å². The highest BCUT2D eigenvalue weighted by atomic mass is 19.1. The number of hydrogen-bond acceptors (Lipinski definition) is 1. The van der Waals surface area contributed by atoms with Gasteiger partial charge in [0.25, 0.3) is 0 Å². The second kappa shape index (κ2) is 3.11. The maximum Gasteiger partial charge on any atom is 0.126 e. The van der Waals surface area contributed by atoms with Crippen molar-refractivity contribution in [3.05, 3.63) is 35.1 Å². The maximum absolute atomic E-state index is 13.2. The summed E-state index contributed by atoms with van der Waals surface area (Å²) in [6.45, 7) is 1.86. The summed E-state index contributed by atoms with van der Waals surface area (Å²) in [5.41, 5.74) is 1.98. The van der Waals surface area contributed by atoms with Crippen LogP contribution in [0.15, 0.2) is 18.2 Å². The second-order valence-corrected chi connectivity index (χ2v) is 3.69. The van der Waals surface area contributed by atoms with Gasteiger partial charge in [-0.1, -0.05) is 12.1 Å². The fourth-order valence-corrected chi connectivity index (χ4v) is 1.88. The van der Waals surface area contributed by atoms with Gasteiger partial charge in [-0.3, -0.25) is 0 Å². The molecule has 2 rings (SSSR count). The van der Waals surface area contributed by atoms with Crippen molar-refractivity contribution in [2.75, 3.05) is 7.05 Å². The van der Waals surface area contributed by atoms with Gasteiger partial charge in [-0.2, -0.15) is 0 Å². The van der Waals surface area contributed by atoms with E-state index in [2.05, 4.69) is 5.32 Å². The van der Waals surface area contributed by atoms with Gasteiger partial charge in [0, 0.05) is 12.0 Å². The highest BCUT2D eigenvalue weighted by molar-refractivity contribution is 5.35. The molecule has 0 spiro atoms. The molecule has 1 aromatic carbocycles. The third kappa shape index (κ3) is 1.46. The van der Waals surface area contributed by atoms with Crippen LogP contribution in [0, 0.1) is 12.7 Å². The van der Waals surface area contributed by atoms with Crippen molar-refractivity contribution in [1.29, 1.82) is 0 Å². The van der Waals surface area contributed by atoms with Crippen LogP contribution in [-0.4, -0.2) is 13.1 Å². The first-order valence-electron chi connectivity index (χ1n) is 4.66. The van der Waals surface area contributed by atoms with Crippen molar-refractivity contribution in [3.8, 4) is 0 Å². The average Bonchev–Trinajstić information content (AvgIpc) is 2.89. The molecular formula is C11H14FN. The minimum atomic E-state index is -0.0840. The molecule has 13 heavy (non-hydrogen) atoms. The van der Waals surface area contributed by atoms with E-state index in [1.807, 2.05) is 20.0 Å². The summed E-state index contributed by atoms with van der Waals surface area (Å²) in [4.78, 5) is 0. The van der Waals surface area contributed by atoms with Crippen LogP contribution in [0.1, 0.15) is 23.5 Å². The fraction of sp³-hybridized carbons (Fsp3) is 0.455. The third-order valence-corrected chi connectivity index (χ3v) is 2.87. The smallest absolute Gasteiger partial charge is 0.126 e. The topological polar surface area (TPSA) is 12.0 Å². The van der Waals surface area contributed by atoms with Gasteiger partial charge in [-0.05, 0) is 37.6 Å². The lowest BCUT2D eigenvalue weighted by molar-refractivity contribution is 0.614. The van der Waals surface area contributed by atoms with Crippen molar-refractivity contribution in [2.24, 2.45) is 0 Å². The Labute approximate surface area is 78.0 Å². The summed E-state index contributed by atoms with van der Waals surface area (Å²) in [5.74, 6) is 0.444. The first-order valence-corrected chi connectivity index (χ1v) is 4.66. The summed E-state index contributed by atoms with van der Waals surface area (Å²) in [6.07, 6.45) is 1.14. The zero-order chi connectivity index (χ0) is 9.42. The van der Waals surface area contributed by atoms with E-state index in [0.29, 0.717) is 12.0 Å². The quantitative estimate of drug-likeness (QED) is 0.734. The molecule has 1 aliphatic carbocycles. The summed E-state index contributed by atoms with van der Waals surface area (Å²) >= 11 is 0. The van der Waals surface area contributed by atoms with Gasteiger partial charge in [-0.25, -0.2) is 4.39 Å². The molecule has 0 aliphatic heterocycles. The number of likely N-dealkylation sites (N-methyl/N-ethyl adjacent to an activating group) is 1. The molecule has 1 aliphatic rings. The van der Waals surface area contributed by atoms with Gasteiger partial charge in [0.05, 0.1) is 0 Å². The van der Waals surface area contributed by atoms with Crippen molar-refractivity contribution >= 4 is 0 Å². The van der Waals surface area contributed by atoms with Crippen LogP contribution in [0.3, 0.4) is 0 Å². The lowest BCUT2D eigenvalue weighted by Gasteiger charge is -2.05. The van der Waals surface area contributed by atoms with E-state index in [1.165, 1.54) is 11.6 Å². The monoisotopic (exact) mass is 179 g/mol. The van der Waals surface area contributed by atoms with Gasteiger partial charge in [0.2, 0.25) is 0 Å². The van der Waals surface area contributed by atoms with Crippen molar-refractivity contribution in [2.45, 2.75) is 25.3 Å². The van der Waals surface area contributed by atoms with E-state index < -0.39 is 0 Å². The Morgan fingerprint density at radius 3 is 2.85 bits per heavy atom. The van der Waals surface area contributed by atoms with Gasteiger partial charge in [-0.15, -0.1) is 0 Å². The molecule has 70 valence electrons. The summed E-state index contributed by atoms with van der Waals surface area (Å²) < 4.78 is 13.2. The van der Waals surface area contributed by atoms with Crippen LogP contribution in [0.5, 0.6) is 0 Å². The molecule has 0 unspecified atom stereocenters. The summed E-state index contributed by atoms with van der Waals surface area (Å²) in [7, 11) is 1.96. The molecule has 0 radical (unpaired) electrons. The first kappa shape index (κ1) is 8.70. The molecule has 1 aromatic rings. The first-order chi connectivity index (χ1) is 6.24. The summed E-state index contributed by atoms with van der Waals surface area (Å²) in [6, 6.07) is 5.90. The van der Waals surface area contributed by atoms with E-state index in [9.17, 15) is 4.39 Å². The average molecular weight is 179 g/mol. The second-order valence-electron chi connectivity index (χ2n) is 3.69. The Hall–Kier alpha value is -0.890. The van der Waals surface area contributed by atoms with Gasteiger partial charge >= 0.3 is 0 Å². The van der Waals surface area contributed by atoms with E-state index in [0.717, 1.165) is 12.0 Å². The molecule has 2 heteroatoms. The van der Waals surface area contributed by atoms with Gasteiger partial charge in [0.15, 0.2) is 0 Å². The van der Waals surface area contributed by atoms with E-state index in [-0.39, 0.29) is 5.82 Å². The largest absolute Gasteiger partial charge is 0.316 e. The molecule has 0 bridgehead atoms. The Bertz CT molecular complexity index is 322. The van der Waals surface area contributed by atoms with E-state index in [4.69, 9.17) is 0 Å². The van der Waals surface area contributed by atoms with Crippen LogP contribution >= 0.6 is 0 Å². The molecule has 1 N–H and O–H groups in total. The Morgan fingerprint density at radius 2 is 2.23 bits per heavy atom. The highest BCUT2D eigenvalue weighted by Crippen LogP contribution is 2.42. The van der Waals surface area contributed by atoms with E-state index in [1.54, 1.807) is 6.07 Å². The molecule has 2 atom stereocenters. The highest BCUT2D eigenvalue weighted by Gasteiger charge is 2.37. The van der Waals surface area contributed by atoms with E-state index >= 15 is 0 Å². The molecule has 1 fully saturated rings. The molecule has 0 saturated heterocycles. The Morgan fingerprint density at radius 1 is 1.46 bits per heavy atom. The fourth-order valence-electron chi connectivity index (χ4n) is 1.88. The molecule has 1 nitrogen and oxygen atoms in total. The SMILES string of the molecule is CN[C@H]1C[C@@H]1c1cccc(F)c1C. The number of benzene rings is 1. The minimum Gasteiger partial charge on any atom is -0.316 e. The lowest BCUT2D eigenvalue weighted by Crippen LogP contribution is -2.10. The molecule has 0 heterocycles. The van der Waals surface area contributed by atoms with Crippen molar-refractivity contribution in [1.82, 2.24) is 5.32 Å². The Kier molecular flexibility index (Phi) is 2.08. The maximum atomic E-state index is 13.2. The van der Waals surface area contributed by atoms with Crippen LogP contribution in [0.25, 0.3) is 0 Å². The van der Waals surface area contributed by atoms with Crippen LogP contribution in [-0.2, 0) is 0 Å². The zero-order valence-electron chi connectivity index (χ0n) is 7.97. The van der Waals surface area contributed by atoms with Crippen LogP contribution < -0.4 is 5.32 Å². The normalized spacial score (nSPS) is 26.1. The number of rotatable bonds is 2. The molecular weight excluding hydrogens is 165 g/mol. The minimum absolute atomic E-state index is 0.0840. The molecule has 1 saturated carbocycles.